The zero-order chi connectivity index (χ0) is 22.9. The number of benzene rings is 2. The Kier molecular flexibility index (Phi) is 6.55. The number of hydrogen-bond donors (Lipinski definition) is 1. The molecule has 0 amide bonds. The molecule has 1 aliphatic rings. The fraction of sp³-hybridized carbons (Fsp3) is 0.318. The SMILES string of the molecule is Cc1ccc(Nc2nnc(SCC(=O)c3ccc4c(c3)CCCN4S(C)(=O)=O)s2)cc1C. The largest absolute Gasteiger partial charge is 0.330 e. The molecular weight excluding hydrogens is 464 g/mol. The van der Waals surface area contributed by atoms with E-state index >= 15 is 0 Å². The van der Waals surface area contributed by atoms with Crippen LogP contribution in [0.2, 0.25) is 0 Å². The molecule has 10 heteroatoms. The smallest absolute Gasteiger partial charge is 0.232 e. The molecule has 4 rings (SSSR count). The molecule has 3 aromatic rings. The lowest BCUT2D eigenvalue weighted by atomic mass is 9.99. The molecule has 32 heavy (non-hydrogen) atoms. The molecule has 0 fully saturated rings. The van der Waals surface area contributed by atoms with Crippen molar-refractivity contribution >= 4 is 55.4 Å². The number of aromatic nitrogens is 2. The van der Waals surface area contributed by atoms with Crippen LogP contribution in [0.25, 0.3) is 0 Å². The molecule has 0 aliphatic carbocycles. The molecule has 0 bridgehead atoms. The second-order valence-corrected chi connectivity index (χ2v) is 11.9. The summed E-state index contributed by atoms with van der Waals surface area (Å²) in [6.07, 6.45) is 2.72. The van der Waals surface area contributed by atoms with Gasteiger partial charge < -0.3 is 5.32 Å². The number of carbonyl (C=O) groups is 1. The van der Waals surface area contributed by atoms with E-state index in [1.807, 2.05) is 12.1 Å². The van der Waals surface area contributed by atoms with Gasteiger partial charge in [0.1, 0.15) is 0 Å². The number of anilines is 3. The molecule has 0 saturated carbocycles. The zero-order valence-electron chi connectivity index (χ0n) is 18.1. The monoisotopic (exact) mass is 488 g/mol. The first kappa shape index (κ1) is 22.8. The molecule has 1 N–H and O–H groups in total. The summed E-state index contributed by atoms with van der Waals surface area (Å²) in [5.74, 6) is 0.223. The van der Waals surface area contributed by atoms with Gasteiger partial charge in [0.05, 0.1) is 17.7 Å². The van der Waals surface area contributed by atoms with E-state index in [-0.39, 0.29) is 11.5 Å². The van der Waals surface area contributed by atoms with E-state index in [4.69, 9.17) is 0 Å². The third kappa shape index (κ3) is 5.13. The zero-order valence-corrected chi connectivity index (χ0v) is 20.5. The number of aryl methyl sites for hydroxylation is 3. The minimum absolute atomic E-state index is 0.0202. The number of fused-ring (bicyclic) bond motifs is 1. The molecule has 0 saturated heterocycles. The van der Waals surface area contributed by atoms with E-state index in [1.54, 1.807) is 12.1 Å². The number of thioether (sulfide) groups is 1. The van der Waals surface area contributed by atoms with Gasteiger partial charge in [-0.15, -0.1) is 10.2 Å². The first-order valence-electron chi connectivity index (χ1n) is 10.1. The normalized spacial score (nSPS) is 13.7. The van der Waals surface area contributed by atoms with Crippen LogP contribution in [0.3, 0.4) is 0 Å². The highest BCUT2D eigenvalue weighted by Gasteiger charge is 2.24. The van der Waals surface area contributed by atoms with Crippen LogP contribution in [-0.4, -0.2) is 43.0 Å². The first-order chi connectivity index (χ1) is 15.2. The van der Waals surface area contributed by atoms with Crippen LogP contribution in [0.5, 0.6) is 0 Å². The Labute approximate surface area is 196 Å². The first-order valence-corrected chi connectivity index (χ1v) is 13.8. The van der Waals surface area contributed by atoms with Crippen LogP contribution in [0.15, 0.2) is 40.7 Å². The van der Waals surface area contributed by atoms with Gasteiger partial charge in [0.2, 0.25) is 15.2 Å². The van der Waals surface area contributed by atoms with Gasteiger partial charge >= 0.3 is 0 Å². The van der Waals surface area contributed by atoms with Crippen LogP contribution < -0.4 is 9.62 Å². The highest BCUT2D eigenvalue weighted by Crippen LogP contribution is 2.32. The average Bonchev–Trinajstić information content (AvgIpc) is 3.20. The topological polar surface area (TPSA) is 92.3 Å². The highest BCUT2D eigenvalue weighted by molar-refractivity contribution is 8.01. The summed E-state index contributed by atoms with van der Waals surface area (Å²) in [7, 11) is -3.32. The van der Waals surface area contributed by atoms with Gasteiger partial charge in [0.25, 0.3) is 0 Å². The number of carbonyl (C=O) groups excluding carboxylic acids is 1. The predicted molar refractivity (Wildman–Crippen MR) is 131 cm³/mol. The summed E-state index contributed by atoms with van der Waals surface area (Å²) in [6, 6.07) is 11.4. The van der Waals surface area contributed by atoms with Gasteiger partial charge in [-0.1, -0.05) is 29.2 Å². The highest BCUT2D eigenvalue weighted by atomic mass is 32.2. The number of sulfonamides is 1. The second kappa shape index (κ2) is 9.21. The summed E-state index contributed by atoms with van der Waals surface area (Å²) in [4.78, 5) is 12.7. The van der Waals surface area contributed by atoms with Crippen molar-refractivity contribution in [3.63, 3.8) is 0 Å². The van der Waals surface area contributed by atoms with Gasteiger partial charge in [-0.05, 0) is 73.7 Å². The Morgan fingerprint density at radius 3 is 2.72 bits per heavy atom. The molecular formula is C22H24N4O3S3. The molecule has 7 nitrogen and oxygen atoms in total. The van der Waals surface area contributed by atoms with Gasteiger partial charge in [-0.2, -0.15) is 0 Å². The van der Waals surface area contributed by atoms with Crippen LogP contribution in [-0.2, 0) is 16.4 Å². The molecule has 0 unspecified atom stereocenters. The lowest BCUT2D eigenvalue weighted by Gasteiger charge is -2.29. The molecule has 2 aromatic carbocycles. The quantitative estimate of drug-likeness (QED) is 0.384. The Bertz CT molecular complexity index is 1270. The summed E-state index contributed by atoms with van der Waals surface area (Å²) in [5, 5.41) is 12.3. The van der Waals surface area contributed by atoms with E-state index in [9.17, 15) is 13.2 Å². The van der Waals surface area contributed by atoms with Crippen molar-refractivity contribution in [1.82, 2.24) is 10.2 Å². The number of ketones is 1. The van der Waals surface area contributed by atoms with Crippen LogP contribution >= 0.6 is 23.1 Å². The summed E-state index contributed by atoms with van der Waals surface area (Å²) < 4.78 is 26.2. The maximum Gasteiger partial charge on any atom is 0.232 e. The fourth-order valence-electron chi connectivity index (χ4n) is 3.55. The van der Waals surface area contributed by atoms with Gasteiger partial charge in [0.15, 0.2) is 10.1 Å². The van der Waals surface area contributed by atoms with Crippen molar-refractivity contribution in [2.45, 2.75) is 31.0 Å². The molecule has 0 spiro atoms. The van der Waals surface area contributed by atoms with Crippen molar-refractivity contribution in [3.8, 4) is 0 Å². The van der Waals surface area contributed by atoms with E-state index in [1.165, 1.54) is 44.8 Å². The van der Waals surface area contributed by atoms with Crippen molar-refractivity contribution < 1.29 is 13.2 Å². The Morgan fingerprint density at radius 1 is 1.16 bits per heavy atom. The molecule has 0 radical (unpaired) electrons. The van der Waals surface area contributed by atoms with Crippen LogP contribution in [0.4, 0.5) is 16.5 Å². The number of Topliss-reactive ketones (excluding diaryl/α,β-unsaturated/α-hetero) is 1. The molecule has 1 aromatic heterocycles. The van der Waals surface area contributed by atoms with Gasteiger partial charge in [-0.3, -0.25) is 9.10 Å². The van der Waals surface area contributed by atoms with Gasteiger partial charge in [-0.25, -0.2) is 8.42 Å². The van der Waals surface area contributed by atoms with Crippen molar-refractivity contribution in [1.29, 1.82) is 0 Å². The van der Waals surface area contributed by atoms with Gasteiger partial charge in [0, 0.05) is 17.8 Å². The Balaban J connectivity index is 1.40. The number of hydrogen-bond acceptors (Lipinski definition) is 8. The summed E-state index contributed by atoms with van der Waals surface area (Å²) >= 11 is 2.76. The second-order valence-electron chi connectivity index (χ2n) is 7.79. The Morgan fingerprint density at radius 2 is 1.97 bits per heavy atom. The molecule has 1 aliphatic heterocycles. The van der Waals surface area contributed by atoms with Crippen molar-refractivity contribution in [2.75, 3.05) is 28.2 Å². The minimum atomic E-state index is -3.32. The average molecular weight is 489 g/mol. The number of nitrogens with one attached hydrogen (secondary N) is 1. The van der Waals surface area contributed by atoms with E-state index < -0.39 is 10.0 Å². The lowest BCUT2D eigenvalue weighted by Crippen LogP contribution is -2.34. The van der Waals surface area contributed by atoms with E-state index in [2.05, 4.69) is 41.5 Å². The standard InChI is InChI=1S/C22H24N4O3S3/c1-14-6-8-18(11-15(14)2)23-21-24-25-22(31-21)30-13-20(27)17-7-9-19-16(12-17)5-4-10-26(19)32(3,28)29/h6-9,11-12H,4-5,10,13H2,1-3H3,(H,23,24). The fourth-order valence-corrected chi connectivity index (χ4v) is 6.22. The number of rotatable bonds is 7. The lowest BCUT2D eigenvalue weighted by molar-refractivity contribution is 0.102. The third-order valence-corrected chi connectivity index (χ3v) is 8.52. The molecule has 0 atom stereocenters. The minimum Gasteiger partial charge on any atom is -0.330 e. The van der Waals surface area contributed by atoms with E-state index in [0.717, 1.165) is 24.1 Å². The van der Waals surface area contributed by atoms with Crippen molar-refractivity contribution in [2.24, 2.45) is 0 Å². The predicted octanol–water partition coefficient (Wildman–Crippen LogP) is 4.59. The van der Waals surface area contributed by atoms with E-state index in [0.29, 0.717) is 27.3 Å². The molecule has 168 valence electrons. The maximum atomic E-state index is 12.7. The van der Waals surface area contributed by atoms with Crippen LogP contribution in [0, 0.1) is 13.8 Å². The van der Waals surface area contributed by atoms with Crippen molar-refractivity contribution in [3.05, 3.63) is 58.7 Å². The third-order valence-electron chi connectivity index (χ3n) is 5.37. The Hall–Kier alpha value is -2.43. The maximum absolute atomic E-state index is 12.7. The van der Waals surface area contributed by atoms with Crippen LogP contribution in [0.1, 0.15) is 33.5 Å². The summed E-state index contributed by atoms with van der Waals surface area (Å²) in [6.45, 7) is 4.61. The summed E-state index contributed by atoms with van der Waals surface area (Å²) in [5.41, 5.74) is 5.54. The molecule has 2 heterocycles. The number of nitrogens with zero attached hydrogens (tertiary/aromatic N) is 3.